The smallest absolute Gasteiger partial charge is 0.256 e. The lowest BCUT2D eigenvalue weighted by Gasteiger charge is -2.41. The van der Waals surface area contributed by atoms with Gasteiger partial charge in [-0.2, -0.15) is 0 Å². The van der Waals surface area contributed by atoms with Crippen LogP contribution in [0.4, 0.5) is 0 Å². The Morgan fingerprint density at radius 3 is 1.46 bits per heavy atom. The van der Waals surface area contributed by atoms with Gasteiger partial charge >= 0.3 is 0 Å². The summed E-state index contributed by atoms with van der Waals surface area (Å²) < 4.78 is 0. The van der Waals surface area contributed by atoms with E-state index in [2.05, 4.69) is 34.7 Å². The SMILES string of the molecule is C/C=C/C[C@@H](C)[C@@H](O)C1C(=O)C[C@H](CC)C(=O)N(C)[C@H](SCC2(N(C)C(C)C)CC2)C(=O)N(C)[C@@H](CC(C)(C)O)C(=O)N[C@H](C(C)C)C(=O)N(C)[C@H](CC(C)C)C(=O)N[C@H](C)C(=O)N[C@@H](C)C(=O)N(C)[C@H](CC(C)C)C(=O)N(C)[C@H](CC(C)C)C(=O)N(C)[C@H](C(C)C)C(=O)N1C. The van der Waals surface area contributed by atoms with Crippen LogP contribution in [0.3, 0.4) is 0 Å². The monoisotopic (exact) mass is 1370 g/mol. The highest BCUT2D eigenvalue weighted by Gasteiger charge is 2.51. The van der Waals surface area contributed by atoms with Crippen molar-refractivity contribution in [2.75, 3.05) is 62.1 Å². The Morgan fingerprint density at radius 2 is 1.01 bits per heavy atom. The van der Waals surface area contributed by atoms with Crippen molar-refractivity contribution < 1.29 is 63.0 Å². The van der Waals surface area contributed by atoms with Gasteiger partial charge in [-0.3, -0.25) is 57.6 Å². The third kappa shape index (κ3) is 23.2. The molecule has 0 spiro atoms. The van der Waals surface area contributed by atoms with Gasteiger partial charge in [0.05, 0.1) is 11.7 Å². The standard InChI is InChI=1S/C71H127N11O13S/c1-28-30-31-46(15)58(84)57-54(83)37-49(29-2)63(89)81(26)69(96-39-71(32-33-71)82(27)45(13)14)68(94)78(23)53(38-70(18,19)95)61(87)74-55(43(9)10)66(92)75(20)50(34-40(3)4)60(86)72-47(16)59(85)73-48(17)62(88)76(21)51(35-41(5)6)64(90)77(22)52(36-42(7)8)65(91)79(24)56(44(11)12)67(93)80(57)25/h28,30,40-53,55-58,69,84,95H,29,31-39H2,1-27H3,(H,72,86)(H,73,85)(H,74,87)/b30-28+/t46-,47-,48+,49+,50-,51-,52-,53+,55-,56-,57?,58-,69-/m1/s1. The van der Waals surface area contributed by atoms with E-state index in [1.54, 1.807) is 47.6 Å². The Bertz CT molecular complexity index is 2700. The van der Waals surface area contributed by atoms with E-state index >= 15 is 33.6 Å². The first-order chi connectivity index (χ1) is 44.2. The number of ketones is 1. The molecule has 1 heterocycles. The molecule has 0 aromatic rings. The van der Waals surface area contributed by atoms with Crippen LogP contribution in [0.2, 0.25) is 0 Å². The van der Waals surface area contributed by atoms with Crippen molar-refractivity contribution in [3.05, 3.63) is 12.2 Å². The number of aliphatic hydroxyl groups is 2. The van der Waals surface area contributed by atoms with Gasteiger partial charge in [-0.1, -0.05) is 95.2 Å². The van der Waals surface area contributed by atoms with Crippen molar-refractivity contribution in [1.29, 1.82) is 0 Å². The van der Waals surface area contributed by atoms with Crippen LogP contribution in [0, 0.1) is 41.4 Å². The molecule has 13 atom stereocenters. The summed E-state index contributed by atoms with van der Waals surface area (Å²) in [5, 5.41) is 30.8. The molecule has 1 saturated carbocycles. The Kier molecular flexibility index (Phi) is 33.8. The van der Waals surface area contributed by atoms with Crippen molar-refractivity contribution in [3.8, 4) is 0 Å². The number of carbonyl (C=O) groups is 11. The molecule has 10 amide bonds. The van der Waals surface area contributed by atoms with E-state index in [1.165, 1.54) is 118 Å². The molecular formula is C71H127N11O13S. The van der Waals surface area contributed by atoms with Gasteiger partial charge < -0.3 is 60.5 Å². The topological polar surface area (TPSA) is 290 Å². The van der Waals surface area contributed by atoms with Crippen LogP contribution in [-0.2, 0) is 52.7 Å². The van der Waals surface area contributed by atoms with Crippen LogP contribution in [0.15, 0.2) is 12.2 Å². The average Bonchev–Trinajstić information content (AvgIpc) is 1.60. The first-order valence-electron chi connectivity index (χ1n) is 34.8. The summed E-state index contributed by atoms with van der Waals surface area (Å²) in [5.41, 5.74) is -1.92. The third-order valence-corrected chi connectivity index (χ3v) is 20.9. The number of likely N-dealkylation sites (N-methyl/N-ethyl adjacent to an activating group) is 7. The van der Waals surface area contributed by atoms with E-state index in [9.17, 15) is 29.4 Å². The summed E-state index contributed by atoms with van der Waals surface area (Å²) in [7, 11) is 12.0. The summed E-state index contributed by atoms with van der Waals surface area (Å²) in [6.45, 7) is 33.3. The molecule has 1 aliphatic heterocycles. The van der Waals surface area contributed by atoms with Gasteiger partial charge in [0.2, 0.25) is 53.2 Å². The maximum absolute atomic E-state index is 15.6. The molecule has 2 aliphatic rings. The van der Waals surface area contributed by atoms with E-state index < -0.39 is 166 Å². The van der Waals surface area contributed by atoms with Gasteiger partial charge in [-0.15, -0.1) is 11.8 Å². The second-order valence-electron chi connectivity index (χ2n) is 30.6. The highest BCUT2D eigenvalue weighted by Crippen LogP contribution is 2.46. The minimum Gasteiger partial charge on any atom is -0.390 e. The van der Waals surface area contributed by atoms with Crippen LogP contribution in [0.5, 0.6) is 0 Å². The number of thioether (sulfide) groups is 1. The zero-order valence-corrected chi connectivity index (χ0v) is 64.4. The average molecular weight is 1370 g/mol. The Labute approximate surface area is 580 Å². The van der Waals surface area contributed by atoms with Gasteiger partial charge in [0.25, 0.3) is 5.91 Å². The first-order valence-corrected chi connectivity index (χ1v) is 35.9. The predicted octanol–water partition coefficient (Wildman–Crippen LogP) is 5.41. The molecule has 0 bridgehead atoms. The molecule has 25 heteroatoms. The summed E-state index contributed by atoms with van der Waals surface area (Å²) in [6.07, 6.45) is 3.76. The molecule has 2 fully saturated rings. The predicted molar refractivity (Wildman–Crippen MR) is 377 cm³/mol. The van der Waals surface area contributed by atoms with Crippen molar-refractivity contribution in [3.63, 3.8) is 0 Å². The summed E-state index contributed by atoms with van der Waals surface area (Å²) in [4.78, 5) is 176. The fraction of sp³-hybridized carbons (Fsp3) is 0.817. The molecule has 1 saturated heterocycles. The van der Waals surface area contributed by atoms with E-state index in [0.717, 1.165) is 17.7 Å². The van der Waals surface area contributed by atoms with Crippen LogP contribution in [-0.4, -0.2) is 259 Å². The van der Waals surface area contributed by atoms with Gasteiger partial charge in [-0.05, 0) is 136 Å². The molecule has 24 nitrogen and oxygen atoms in total. The molecule has 2 rings (SSSR count). The minimum atomic E-state index is -1.58. The van der Waals surface area contributed by atoms with E-state index in [1.807, 2.05) is 61.6 Å². The summed E-state index contributed by atoms with van der Waals surface area (Å²) >= 11 is 1.21. The van der Waals surface area contributed by atoms with Gasteiger partial charge in [0, 0.05) is 85.4 Å². The van der Waals surface area contributed by atoms with Crippen LogP contribution < -0.4 is 16.0 Å². The highest BCUT2D eigenvalue weighted by molar-refractivity contribution is 8.00. The minimum absolute atomic E-state index is 0.0812. The van der Waals surface area contributed by atoms with Crippen molar-refractivity contribution in [1.82, 2.24) is 55.1 Å². The Balaban J connectivity index is 3.17. The molecule has 1 unspecified atom stereocenters. The maximum Gasteiger partial charge on any atom is 0.256 e. The van der Waals surface area contributed by atoms with Gasteiger partial charge in [0.1, 0.15) is 54.4 Å². The summed E-state index contributed by atoms with van der Waals surface area (Å²) in [6, 6.07) is -11.5. The fourth-order valence-corrected chi connectivity index (χ4v) is 14.3. The molecule has 1 aliphatic carbocycles. The lowest BCUT2D eigenvalue weighted by Crippen LogP contribution is -2.62. The number of aliphatic hydroxyl groups excluding tert-OH is 1. The molecule has 96 heavy (non-hydrogen) atoms. The van der Waals surface area contributed by atoms with Gasteiger partial charge in [-0.25, -0.2) is 0 Å². The number of carbonyl (C=O) groups excluding carboxylic acids is 11. The molecule has 5 N–H and O–H groups in total. The zero-order valence-electron chi connectivity index (χ0n) is 63.6. The molecule has 550 valence electrons. The van der Waals surface area contributed by atoms with Crippen LogP contribution >= 0.6 is 11.8 Å². The molecule has 0 radical (unpaired) electrons. The lowest BCUT2D eigenvalue weighted by atomic mass is 9.86. The summed E-state index contributed by atoms with van der Waals surface area (Å²) in [5.74, 6) is -10.4. The van der Waals surface area contributed by atoms with Crippen molar-refractivity contribution in [2.24, 2.45) is 41.4 Å². The quantitative estimate of drug-likeness (QED) is 0.0953. The molecular weight excluding hydrogens is 1250 g/mol. The maximum atomic E-state index is 15.6. The number of nitrogens with one attached hydrogen (secondary N) is 3. The second-order valence-corrected chi connectivity index (χ2v) is 31.6. The largest absolute Gasteiger partial charge is 0.390 e. The van der Waals surface area contributed by atoms with Crippen molar-refractivity contribution in [2.45, 2.75) is 272 Å². The number of nitrogens with zero attached hydrogens (tertiary/aromatic N) is 8. The molecule has 0 aromatic heterocycles. The van der Waals surface area contributed by atoms with Crippen LogP contribution in [0.1, 0.15) is 189 Å². The highest BCUT2D eigenvalue weighted by atomic mass is 32.2. The number of amides is 10. The normalized spacial score (nSPS) is 27.4. The zero-order chi connectivity index (χ0) is 74.3. The number of rotatable bonds is 20. The van der Waals surface area contributed by atoms with Crippen molar-refractivity contribution >= 4 is 76.6 Å². The number of Topliss-reactive ketones (excluding diaryl/α,β-unsaturated/α-hetero) is 1. The number of hydrogen-bond acceptors (Lipinski definition) is 15. The van der Waals surface area contributed by atoms with E-state index in [4.69, 9.17) is 0 Å². The number of allylic oxidation sites excluding steroid dienone is 2. The van der Waals surface area contributed by atoms with Crippen LogP contribution in [0.25, 0.3) is 0 Å². The first kappa shape index (κ1) is 86.4. The Hall–Kier alpha value is -5.66. The lowest BCUT2D eigenvalue weighted by molar-refractivity contribution is -0.157. The third-order valence-electron chi connectivity index (χ3n) is 19.4. The fourth-order valence-electron chi connectivity index (χ4n) is 12.7. The Morgan fingerprint density at radius 1 is 0.562 bits per heavy atom. The molecule has 0 aromatic carbocycles. The second kappa shape index (κ2) is 37.5. The number of hydrogen-bond donors (Lipinski definition) is 5. The van der Waals surface area contributed by atoms with Gasteiger partial charge in [0.15, 0.2) is 11.2 Å². The van der Waals surface area contributed by atoms with E-state index in [-0.39, 0.29) is 61.4 Å². The van der Waals surface area contributed by atoms with E-state index in [0.29, 0.717) is 12.2 Å².